The van der Waals surface area contributed by atoms with Crippen molar-refractivity contribution in [2.24, 2.45) is 11.8 Å². The quantitative estimate of drug-likeness (QED) is 0.846. The lowest BCUT2D eigenvalue weighted by Gasteiger charge is -2.05. The molecule has 1 fully saturated rings. The van der Waals surface area contributed by atoms with Gasteiger partial charge in [-0.05, 0) is 18.3 Å². The number of amides is 1. The van der Waals surface area contributed by atoms with Crippen molar-refractivity contribution in [3.63, 3.8) is 0 Å². The summed E-state index contributed by atoms with van der Waals surface area (Å²) in [6.45, 7) is 2.94. The first-order valence-corrected chi connectivity index (χ1v) is 6.52. The fraction of sp³-hybridized carbons (Fsp3) is 0.636. The highest BCUT2D eigenvalue weighted by molar-refractivity contribution is 7.18. The third-order valence-corrected chi connectivity index (χ3v) is 4.27. The second kappa shape index (κ2) is 4.52. The lowest BCUT2D eigenvalue weighted by Crippen LogP contribution is -2.25. The van der Waals surface area contributed by atoms with Crippen LogP contribution in [-0.4, -0.2) is 31.5 Å². The summed E-state index contributed by atoms with van der Waals surface area (Å²) >= 11 is 1.33. The smallest absolute Gasteiger partial charge is 0.265 e. The number of nitrogens with zero attached hydrogens (tertiary/aromatic N) is 2. The Kier molecular flexibility index (Phi) is 3.24. The average molecular weight is 254 g/mol. The van der Waals surface area contributed by atoms with Crippen molar-refractivity contribution in [1.29, 1.82) is 0 Å². The molecule has 0 spiro atoms. The van der Waals surface area contributed by atoms with E-state index < -0.39 is 0 Å². The van der Waals surface area contributed by atoms with E-state index in [1.54, 1.807) is 0 Å². The molecule has 1 aromatic heterocycles. The number of nitrogen functional groups attached to an aromatic ring is 1. The second-order valence-corrected chi connectivity index (χ2v) is 5.77. The van der Waals surface area contributed by atoms with Gasteiger partial charge in [-0.25, -0.2) is 4.98 Å². The lowest BCUT2D eigenvalue weighted by molar-refractivity contribution is 0.0956. The van der Waals surface area contributed by atoms with Crippen LogP contribution in [0.1, 0.15) is 23.0 Å². The molecule has 6 heteroatoms. The summed E-state index contributed by atoms with van der Waals surface area (Å²) in [7, 11) is 3.76. The van der Waals surface area contributed by atoms with Crippen LogP contribution in [0.2, 0.25) is 0 Å². The van der Waals surface area contributed by atoms with E-state index >= 15 is 0 Å². The molecule has 1 heterocycles. The van der Waals surface area contributed by atoms with Crippen LogP contribution in [-0.2, 0) is 0 Å². The predicted octanol–water partition coefficient (Wildman–Crippen LogP) is 1.18. The maximum Gasteiger partial charge on any atom is 0.265 e. The van der Waals surface area contributed by atoms with Crippen molar-refractivity contribution in [2.45, 2.75) is 13.3 Å². The molecule has 2 rings (SSSR count). The summed E-state index contributed by atoms with van der Waals surface area (Å²) in [6.07, 6.45) is 1.21. The highest BCUT2D eigenvalue weighted by atomic mass is 32.1. The van der Waals surface area contributed by atoms with Gasteiger partial charge in [-0.15, -0.1) is 0 Å². The van der Waals surface area contributed by atoms with E-state index in [2.05, 4.69) is 17.2 Å². The van der Waals surface area contributed by atoms with Crippen LogP contribution in [0.25, 0.3) is 0 Å². The van der Waals surface area contributed by atoms with Crippen molar-refractivity contribution < 1.29 is 4.79 Å². The van der Waals surface area contributed by atoms with Crippen LogP contribution in [0, 0.1) is 11.8 Å². The molecule has 1 aliphatic rings. The van der Waals surface area contributed by atoms with Gasteiger partial charge in [0.1, 0.15) is 10.7 Å². The van der Waals surface area contributed by atoms with E-state index in [4.69, 9.17) is 5.73 Å². The van der Waals surface area contributed by atoms with Gasteiger partial charge in [-0.3, -0.25) is 4.79 Å². The first-order valence-electron chi connectivity index (χ1n) is 5.71. The third-order valence-electron chi connectivity index (χ3n) is 3.03. The van der Waals surface area contributed by atoms with Gasteiger partial charge in [-0.2, -0.15) is 0 Å². The van der Waals surface area contributed by atoms with Gasteiger partial charge >= 0.3 is 0 Å². The minimum atomic E-state index is -0.104. The largest absolute Gasteiger partial charge is 0.382 e. The zero-order valence-electron chi connectivity index (χ0n) is 10.4. The Labute approximate surface area is 105 Å². The van der Waals surface area contributed by atoms with E-state index in [9.17, 15) is 4.79 Å². The molecule has 2 atom stereocenters. The number of thiazole rings is 1. The minimum Gasteiger partial charge on any atom is -0.382 e. The van der Waals surface area contributed by atoms with Gasteiger partial charge in [0.05, 0.1) is 0 Å². The molecule has 2 unspecified atom stereocenters. The van der Waals surface area contributed by atoms with Crippen molar-refractivity contribution in [1.82, 2.24) is 10.3 Å². The number of nitrogens with two attached hydrogens (primary N) is 1. The second-order valence-electron chi connectivity index (χ2n) is 4.79. The molecule has 1 saturated carbocycles. The Morgan fingerprint density at radius 3 is 2.76 bits per heavy atom. The van der Waals surface area contributed by atoms with Gasteiger partial charge < -0.3 is 16.0 Å². The molecular formula is C11H18N4OS. The van der Waals surface area contributed by atoms with Gasteiger partial charge in [0, 0.05) is 20.6 Å². The SMILES string of the molecule is CC1CC1CNC(=O)c1sc(N(C)C)nc1N. The zero-order valence-corrected chi connectivity index (χ0v) is 11.2. The maximum atomic E-state index is 11.9. The Morgan fingerprint density at radius 1 is 1.65 bits per heavy atom. The Morgan fingerprint density at radius 2 is 2.29 bits per heavy atom. The van der Waals surface area contributed by atoms with Crippen LogP contribution in [0.3, 0.4) is 0 Å². The number of nitrogens with one attached hydrogen (secondary N) is 1. The first-order chi connectivity index (χ1) is 7.99. The molecular weight excluding hydrogens is 236 g/mol. The van der Waals surface area contributed by atoms with Gasteiger partial charge in [0.25, 0.3) is 5.91 Å². The Bertz CT molecular complexity index is 429. The predicted molar refractivity (Wildman–Crippen MR) is 70.5 cm³/mol. The number of carbonyl (C=O) groups excluding carboxylic acids is 1. The summed E-state index contributed by atoms with van der Waals surface area (Å²) < 4.78 is 0. The topological polar surface area (TPSA) is 71.2 Å². The van der Waals surface area contributed by atoms with Crippen LogP contribution < -0.4 is 16.0 Å². The summed E-state index contributed by atoms with van der Waals surface area (Å²) in [4.78, 5) is 18.4. The van der Waals surface area contributed by atoms with E-state index in [-0.39, 0.29) is 5.91 Å². The molecule has 1 aliphatic carbocycles. The average Bonchev–Trinajstić information content (AvgIpc) is 2.81. The summed E-state index contributed by atoms with van der Waals surface area (Å²) in [5.74, 6) is 1.60. The van der Waals surface area contributed by atoms with Crippen LogP contribution in [0.15, 0.2) is 0 Å². The van der Waals surface area contributed by atoms with Gasteiger partial charge in [-0.1, -0.05) is 18.3 Å². The molecule has 0 aliphatic heterocycles. The zero-order chi connectivity index (χ0) is 12.6. The van der Waals surface area contributed by atoms with Crippen LogP contribution in [0.5, 0.6) is 0 Å². The maximum absolute atomic E-state index is 11.9. The Hall–Kier alpha value is -1.30. The van der Waals surface area contributed by atoms with Crippen molar-refractivity contribution in [3.8, 4) is 0 Å². The van der Waals surface area contributed by atoms with Gasteiger partial charge in [0.15, 0.2) is 5.13 Å². The number of aromatic nitrogens is 1. The number of hydrogen-bond donors (Lipinski definition) is 2. The normalized spacial score (nSPS) is 22.3. The van der Waals surface area contributed by atoms with E-state index in [1.807, 2.05) is 19.0 Å². The van der Waals surface area contributed by atoms with Gasteiger partial charge in [0.2, 0.25) is 0 Å². The molecule has 94 valence electrons. The molecule has 5 nitrogen and oxygen atoms in total. The van der Waals surface area contributed by atoms with Crippen molar-refractivity contribution in [2.75, 3.05) is 31.3 Å². The third kappa shape index (κ3) is 2.69. The molecule has 0 bridgehead atoms. The molecule has 0 aromatic carbocycles. The number of hydrogen-bond acceptors (Lipinski definition) is 5. The lowest BCUT2D eigenvalue weighted by atomic mass is 10.3. The molecule has 1 amide bonds. The minimum absolute atomic E-state index is 0.104. The Balaban J connectivity index is 1.98. The van der Waals surface area contributed by atoms with Crippen molar-refractivity contribution in [3.05, 3.63) is 4.88 Å². The molecule has 1 aromatic rings. The summed E-state index contributed by atoms with van der Waals surface area (Å²) in [5, 5.41) is 3.67. The highest BCUT2D eigenvalue weighted by Crippen LogP contribution is 2.37. The molecule has 0 radical (unpaired) electrons. The van der Waals surface area contributed by atoms with Crippen LogP contribution >= 0.6 is 11.3 Å². The first kappa shape index (κ1) is 12.2. The summed E-state index contributed by atoms with van der Waals surface area (Å²) in [5.41, 5.74) is 5.74. The van der Waals surface area contributed by atoms with E-state index in [1.165, 1.54) is 17.8 Å². The number of rotatable bonds is 4. The number of carbonyl (C=O) groups is 1. The summed E-state index contributed by atoms with van der Waals surface area (Å²) in [6, 6.07) is 0. The van der Waals surface area contributed by atoms with E-state index in [0.29, 0.717) is 16.6 Å². The number of anilines is 2. The highest BCUT2D eigenvalue weighted by Gasteiger charge is 2.32. The monoisotopic (exact) mass is 254 g/mol. The van der Waals surface area contributed by atoms with Crippen molar-refractivity contribution >= 4 is 28.2 Å². The molecule has 17 heavy (non-hydrogen) atoms. The molecule has 0 saturated heterocycles. The van der Waals surface area contributed by atoms with E-state index in [0.717, 1.165) is 17.6 Å². The van der Waals surface area contributed by atoms with Crippen LogP contribution in [0.4, 0.5) is 10.9 Å². The standard InChI is InChI=1S/C11H18N4OS/c1-6-4-7(6)5-13-10(16)8-9(12)14-11(17-8)15(2)3/h6-7H,4-5,12H2,1-3H3,(H,13,16). The molecule has 3 N–H and O–H groups in total. The fourth-order valence-electron chi connectivity index (χ4n) is 1.66. The fourth-order valence-corrected chi connectivity index (χ4v) is 2.49.